The zero-order valence-electron chi connectivity index (χ0n) is 10.3. The largest absolute Gasteiger partial charge is 0.269 e. The third-order valence-electron chi connectivity index (χ3n) is 3.18. The molecule has 0 spiro atoms. The smallest absolute Gasteiger partial charge is 0.268 e. The van der Waals surface area contributed by atoms with Crippen molar-refractivity contribution >= 4 is 31.9 Å². The Kier molecular flexibility index (Phi) is 3.14. The maximum atomic E-state index is 12.4. The first-order chi connectivity index (χ1) is 9.51. The number of carbonyl (C=O) groups excluding carboxylic acids is 1. The minimum Gasteiger partial charge on any atom is -0.268 e. The van der Waals surface area contributed by atoms with E-state index in [1.165, 1.54) is 12.1 Å². The quantitative estimate of drug-likeness (QED) is 0.835. The second-order valence-electron chi connectivity index (χ2n) is 4.40. The molecule has 0 saturated heterocycles. The number of sulfonamides is 1. The van der Waals surface area contributed by atoms with E-state index in [0.29, 0.717) is 0 Å². The molecular formula is C14H10BrNO3S. The summed E-state index contributed by atoms with van der Waals surface area (Å²) in [6.45, 7) is 0.0251. The highest BCUT2D eigenvalue weighted by atomic mass is 79.9. The fourth-order valence-electron chi connectivity index (χ4n) is 2.17. The highest BCUT2D eigenvalue weighted by Crippen LogP contribution is 2.32. The molecule has 0 aliphatic carbocycles. The number of nitrogens with zero attached hydrogens (tertiary/aromatic N) is 1. The molecule has 1 heterocycles. The lowest BCUT2D eigenvalue weighted by Gasteiger charge is -2.15. The van der Waals surface area contributed by atoms with E-state index < -0.39 is 15.9 Å². The Morgan fingerprint density at radius 1 is 1.00 bits per heavy atom. The Bertz CT molecular complexity index is 802. The lowest BCUT2D eigenvalue weighted by Crippen LogP contribution is -2.29. The average molecular weight is 352 g/mol. The molecule has 2 aromatic carbocycles. The second kappa shape index (κ2) is 4.71. The van der Waals surface area contributed by atoms with Crippen LogP contribution in [0.3, 0.4) is 0 Å². The number of hydrogen-bond donors (Lipinski definition) is 0. The molecule has 2 aromatic rings. The van der Waals surface area contributed by atoms with Gasteiger partial charge < -0.3 is 0 Å². The predicted molar refractivity (Wildman–Crippen MR) is 77.6 cm³/mol. The molecule has 0 radical (unpaired) electrons. The first-order valence-electron chi connectivity index (χ1n) is 5.91. The normalized spacial score (nSPS) is 16.2. The molecule has 0 bridgehead atoms. The Labute approximate surface area is 125 Å². The Balaban J connectivity index is 2.05. The zero-order valence-corrected chi connectivity index (χ0v) is 12.7. The van der Waals surface area contributed by atoms with Gasteiger partial charge in [-0.15, -0.1) is 0 Å². The Morgan fingerprint density at radius 2 is 1.65 bits per heavy atom. The summed E-state index contributed by atoms with van der Waals surface area (Å²) in [5.41, 5.74) is 0.983. The first-order valence-corrected chi connectivity index (χ1v) is 8.14. The highest BCUT2D eigenvalue weighted by Gasteiger charge is 2.40. The summed E-state index contributed by atoms with van der Waals surface area (Å²) in [4.78, 5) is 12.3. The van der Waals surface area contributed by atoms with Crippen molar-refractivity contribution in [3.8, 4) is 0 Å². The molecule has 6 heteroatoms. The van der Waals surface area contributed by atoms with Crippen LogP contribution >= 0.6 is 15.9 Å². The SMILES string of the molecule is O=C1c2ccccc2S(=O)(=O)N1Cc1ccccc1Br. The van der Waals surface area contributed by atoms with E-state index in [4.69, 9.17) is 0 Å². The summed E-state index contributed by atoms with van der Waals surface area (Å²) in [6, 6.07) is 13.5. The van der Waals surface area contributed by atoms with Crippen LogP contribution in [0, 0.1) is 0 Å². The van der Waals surface area contributed by atoms with Gasteiger partial charge in [0.1, 0.15) is 4.90 Å². The van der Waals surface area contributed by atoms with Crippen LogP contribution in [0.1, 0.15) is 15.9 Å². The van der Waals surface area contributed by atoms with Crippen molar-refractivity contribution in [2.45, 2.75) is 11.4 Å². The zero-order chi connectivity index (χ0) is 14.3. The summed E-state index contributed by atoms with van der Waals surface area (Å²) in [6.07, 6.45) is 0. The van der Waals surface area contributed by atoms with Crippen molar-refractivity contribution in [2.24, 2.45) is 0 Å². The van der Waals surface area contributed by atoms with Crippen molar-refractivity contribution in [3.63, 3.8) is 0 Å². The van der Waals surface area contributed by atoms with Crippen molar-refractivity contribution < 1.29 is 13.2 Å². The van der Waals surface area contributed by atoms with Gasteiger partial charge in [-0.1, -0.05) is 46.3 Å². The number of benzene rings is 2. The topological polar surface area (TPSA) is 54.5 Å². The maximum absolute atomic E-state index is 12.4. The molecule has 1 amide bonds. The van der Waals surface area contributed by atoms with Crippen LogP contribution in [0.5, 0.6) is 0 Å². The van der Waals surface area contributed by atoms with Gasteiger partial charge in [-0.05, 0) is 23.8 Å². The van der Waals surface area contributed by atoms with Crippen LogP contribution in [0.25, 0.3) is 0 Å². The van der Waals surface area contributed by atoms with Crippen LogP contribution in [0.2, 0.25) is 0 Å². The van der Waals surface area contributed by atoms with Gasteiger partial charge in [-0.2, -0.15) is 0 Å². The van der Waals surface area contributed by atoms with E-state index >= 15 is 0 Å². The molecule has 20 heavy (non-hydrogen) atoms. The van der Waals surface area contributed by atoms with E-state index in [9.17, 15) is 13.2 Å². The molecule has 0 N–H and O–H groups in total. The average Bonchev–Trinajstić information content (AvgIpc) is 2.63. The lowest BCUT2D eigenvalue weighted by atomic mass is 10.2. The first kappa shape index (κ1) is 13.3. The third-order valence-corrected chi connectivity index (χ3v) is 5.74. The van der Waals surface area contributed by atoms with E-state index in [-0.39, 0.29) is 17.0 Å². The second-order valence-corrected chi connectivity index (χ2v) is 7.09. The lowest BCUT2D eigenvalue weighted by molar-refractivity contribution is 0.0865. The van der Waals surface area contributed by atoms with Crippen LogP contribution in [0.4, 0.5) is 0 Å². The number of rotatable bonds is 2. The molecule has 0 fully saturated rings. The molecular weight excluding hydrogens is 342 g/mol. The summed E-state index contributed by atoms with van der Waals surface area (Å²) in [5, 5.41) is 0. The molecule has 3 rings (SSSR count). The van der Waals surface area contributed by atoms with Gasteiger partial charge in [-0.3, -0.25) is 4.79 Å². The maximum Gasteiger partial charge on any atom is 0.269 e. The van der Waals surface area contributed by atoms with E-state index in [2.05, 4.69) is 15.9 Å². The summed E-state index contributed by atoms with van der Waals surface area (Å²) < 4.78 is 26.5. The van der Waals surface area contributed by atoms with Crippen LogP contribution in [-0.2, 0) is 16.6 Å². The minimum absolute atomic E-state index is 0.0251. The van der Waals surface area contributed by atoms with Gasteiger partial charge in [-0.25, -0.2) is 12.7 Å². The molecule has 0 aromatic heterocycles. The van der Waals surface area contributed by atoms with Gasteiger partial charge in [0.05, 0.1) is 12.1 Å². The standard InChI is InChI=1S/C14H10BrNO3S/c15-12-7-3-1-5-10(12)9-16-14(17)11-6-2-4-8-13(11)20(16,18)19/h1-8H,9H2. The van der Waals surface area contributed by atoms with Crippen molar-refractivity contribution in [1.29, 1.82) is 0 Å². The minimum atomic E-state index is -3.75. The van der Waals surface area contributed by atoms with Gasteiger partial charge in [0.25, 0.3) is 15.9 Å². The molecule has 0 atom stereocenters. The van der Waals surface area contributed by atoms with E-state index in [0.717, 1.165) is 14.3 Å². The molecule has 1 aliphatic rings. The monoisotopic (exact) mass is 351 g/mol. The van der Waals surface area contributed by atoms with Crippen LogP contribution in [0.15, 0.2) is 57.9 Å². The van der Waals surface area contributed by atoms with Gasteiger partial charge >= 0.3 is 0 Å². The van der Waals surface area contributed by atoms with Gasteiger partial charge in [0, 0.05) is 4.47 Å². The molecule has 4 nitrogen and oxygen atoms in total. The molecule has 0 saturated carbocycles. The van der Waals surface area contributed by atoms with Gasteiger partial charge in [0.15, 0.2) is 0 Å². The van der Waals surface area contributed by atoms with E-state index in [1.54, 1.807) is 24.3 Å². The Morgan fingerprint density at radius 3 is 2.35 bits per heavy atom. The fraction of sp³-hybridized carbons (Fsp3) is 0.0714. The van der Waals surface area contributed by atoms with Crippen molar-refractivity contribution in [2.75, 3.05) is 0 Å². The number of hydrogen-bond acceptors (Lipinski definition) is 3. The Hall–Kier alpha value is -1.66. The number of carbonyl (C=O) groups is 1. The highest BCUT2D eigenvalue weighted by molar-refractivity contribution is 9.10. The molecule has 102 valence electrons. The molecule has 0 unspecified atom stereocenters. The van der Waals surface area contributed by atoms with Gasteiger partial charge in [0.2, 0.25) is 0 Å². The summed E-state index contributed by atoms with van der Waals surface area (Å²) in [5.74, 6) is -0.476. The van der Waals surface area contributed by atoms with Crippen LogP contribution in [-0.4, -0.2) is 18.6 Å². The summed E-state index contributed by atoms with van der Waals surface area (Å²) >= 11 is 3.36. The van der Waals surface area contributed by atoms with Crippen molar-refractivity contribution in [1.82, 2.24) is 4.31 Å². The number of amides is 1. The summed E-state index contributed by atoms with van der Waals surface area (Å²) in [7, 11) is -3.75. The molecule has 1 aliphatic heterocycles. The third kappa shape index (κ3) is 1.96. The van der Waals surface area contributed by atoms with Crippen LogP contribution < -0.4 is 0 Å². The number of halogens is 1. The van der Waals surface area contributed by atoms with E-state index in [1.807, 2.05) is 12.1 Å². The predicted octanol–water partition coefficient (Wildman–Crippen LogP) is 2.79. The van der Waals surface area contributed by atoms with Crippen molar-refractivity contribution in [3.05, 3.63) is 64.1 Å². The number of fused-ring (bicyclic) bond motifs is 1. The fourth-order valence-corrected chi connectivity index (χ4v) is 4.13.